The number of hydrogen-bond acceptors (Lipinski definition) is 2. The first-order chi connectivity index (χ1) is 6.89. The molecule has 0 saturated carbocycles. The molecule has 0 unspecified atom stereocenters. The largest absolute Gasteiger partial charge is 0.387 e. The van der Waals surface area contributed by atoms with Crippen molar-refractivity contribution in [1.29, 1.82) is 0 Å². The van der Waals surface area contributed by atoms with Gasteiger partial charge < -0.3 is 5.73 Å². The number of halogens is 1. The highest BCUT2D eigenvalue weighted by Gasteiger charge is 1.97. The Balaban J connectivity index is 0.00000196. The maximum atomic E-state index is 5.80. The number of nitrogens with two attached hydrogens (primary N) is 1. The van der Waals surface area contributed by atoms with Crippen molar-refractivity contribution in [3.8, 4) is 0 Å². The normalized spacial score (nSPS) is 21.2. The summed E-state index contributed by atoms with van der Waals surface area (Å²) in [6.45, 7) is 0.950. The first-order valence-corrected chi connectivity index (χ1v) is 6.18. The van der Waals surface area contributed by atoms with Crippen LogP contribution in [0.3, 0.4) is 0 Å². The van der Waals surface area contributed by atoms with Crippen molar-refractivity contribution >= 4 is 18.2 Å². The highest BCUT2D eigenvalue weighted by Crippen LogP contribution is 2.11. The van der Waals surface area contributed by atoms with Gasteiger partial charge in [-0.3, -0.25) is 4.99 Å². The zero-order valence-electron chi connectivity index (χ0n) is 9.71. The van der Waals surface area contributed by atoms with Crippen molar-refractivity contribution < 1.29 is 0 Å². The van der Waals surface area contributed by atoms with Crippen molar-refractivity contribution in [2.45, 2.75) is 64.2 Å². The van der Waals surface area contributed by atoms with Gasteiger partial charge in [-0.25, -0.2) is 0 Å². The van der Waals surface area contributed by atoms with Crippen molar-refractivity contribution in [3.63, 3.8) is 0 Å². The van der Waals surface area contributed by atoms with Crippen molar-refractivity contribution in [2.24, 2.45) is 10.7 Å². The third-order valence-corrected chi connectivity index (χ3v) is 2.91. The van der Waals surface area contributed by atoms with Crippen LogP contribution in [0.4, 0.5) is 0 Å². The van der Waals surface area contributed by atoms with Crippen LogP contribution in [0.1, 0.15) is 64.2 Å². The lowest BCUT2D eigenvalue weighted by Gasteiger charge is -2.00. The predicted molar refractivity (Wildman–Crippen MR) is 69.9 cm³/mol. The summed E-state index contributed by atoms with van der Waals surface area (Å²) in [5.74, 6) is 0.879. The Morgan fingerprint density at radius 3 is 1.80 bits per heavy atom. The molecular weight excluding hydrogens is 208 g/mol. The van der Waals surface area contributed by atoms with Crippen LogP contribution in [-0.2, 0) is 0 Å². The van der Waals surface area contributed by atoms with Gasteiger partial charge in [-0.1, -0.05) is 44.9 Å². The fraction of sp³-hybridized carbons (Fsp3) is 0.917. The number of amidine groups is 1. The van der Waals surface area contributed by atoms with E-state index in [0.717, 1.165) is 18.8 Å². The number of rotatable bonds is 0. The molecular formula is C12H25ClN2. The lowest BCUT2D eigenvalue weighted by Crippen LogP contribution is -2.12. The highest BCUT2D eigenvalue weighted by molar-refractivity contribution is 5.85. The van der Waals surface area contributed by atoms with Crippen LogP contribution in [0.15, 0.2) is 4.99 Å². The molecule has 2 nitrogen and oxygen atoms in total. The molecule has 1 heterocycles. The van der Waals surface area contributed by atoms with Gasteiger partial charge in [0, 0.05) is 13.0 Å². The van der Waals surface area contributed by atoms with Crippen LogP contribution >= 0.6 is 12.4 Å². The first kappa shape index (κ1) is 14.8. The van der Waals surface area contributed by atoms with E-state index in [9.17, 15) is 0 Å². The van der Waals surface area contributed by atoms with E-state index in [1.54, 1.807) is 0 Å². The summed E-state index contributed by atoms with van der Waals surface area (Å²) < 4.78 is 0. The molecule has 2 N–H and O–H groups in total. The lowest BCUT2D eigenvalue weighted by molar-refractivity contribution is 0.567. The smallest absolute Gasteiger partial charge is 0.0937 e. The van der Waals surface area contributed by atoms with Crippen LogP contribution in [0.25, 0.3) is 0 Å². The molecule has 1 aliphatic rings. The Hall–Kier alpha value is -0.240. The van der Waals surface area contributed by atoms with E-state index in [4.69, 9.17) is 5.73 Å². The van der Waals surface area contributed by atoms with E-state index in [1.165, 1.54) is 57.8 Å². The third-order valence-electron chi connectivity index (χ3n) is 2.91. The molecule has 0 aromatic carbocycles. The van der Waals surface area contributed by atoms with E-state index in [0.29, 0.717) is 0 Å². The summed E-state index contributed by atoms with van der Waals surface area (Å²) in [4.78, 5) is 4.38. The quantitative estimate of drug-likeness (QED) is 0.680. The second-order valence-electron chi connectivity index (χ2n) is 4.31. The Morgan fingerprint density at radius 2 is 1.20 bits per heavy atom. The van der Waals surface area contributed by atoms with Crippen molar-refractivity contribution in [3.05, 3.63) is 0 Å². The average molecular weight is 233 g/mol. The molecule has 15 heavy (non-hydrogen) atoms. The molecule has 0 fully saturated rings. The van der Waals surface area contributed by atoms with Gasteiger partial charge in [-0.2, -0.15) is 0 Å². The Bertz CT molecular complexity index is 169. The molecule has 0 atom stereocenters. The first-order valence-electron chi connectivity index (χ1n) is 6.18. The molecule has 0 bridgehead atoms. The molecule has 0 aromatic rings. The van der Waals surface area contributed by atoms with Gasteiger partial charge in [0.25, 0.3) is 0 Å². The number of hydrogen-bond donors (Lipinski definition) is 1. The monoisotopic (exact) mass is 232 g/mol. The lowest BCUT2D eigenvalue weighted by atomic mass is 10.1. The maximum absolute atomic E-state index is 5.80. The summed E-state index contributed by atoms with van der Waals surface area (Å²) in [5.41, 5.74) is 5.80. The molecule has 3 heteroatoms. The SMILES string of the molecule is Cl.NC1=NCCCCCCCCCCC1. The van der Waals surface area contributed by atoms with Gasteiger partial charge in [0.2, 0.25) is 0 Å². The molecule has 0 radical (unpaired) electrons. The summed E-state index contributed by atoms with van der Waals surface area (Å²) in [7, 11) is 0. The van der Waals surface area contributed by atoms with E-state index in [2.05, 4.69) is 4.99 Å². The Morgan fingerprint density at radius 1 is 0.733 bits per heavy atom. The molecule has 0 aromatic heterocycles. The van der Waals surface area contributed by atoms with Crippen LogP contribution in [0.5, 0.6) is 0 Å². The zero-order chi connectivity index (χ0) is 10.1. The minimum absolute atomic E-state index is 0. The van der Waals surface area contributed by atoms with Crippen molar-refractivity contribution in [1.82, 2.24) is 0 Å². The summed E-state index contributed by atoms with van der Waals surface area (Å²) in [6, 6.07) is 0. The van der Waals surface area contributed by atoms with Gasteiger partial charge in [-0.15, -0.1) is 12.4 Å². The van der Waals surface area contributed by atoms with Crippen molar-refractivity contribution in [2.75, 3.05) is 6.54 Å². The van der Waals surface area contributed by atoms with Crippen LogP contribution < -0.4 is 5.73 Å². The molecule has 0 aliphatic carbocycles. The van der Waals surface area contributed by atoms with Gasteiger partial charge in [0.05, 0.1) is 5.84 Å². The van der Waals surface area contributed by atoms with Crippen LogP contribution in [0, 0.1) is 0 Å². The fourth-order valence-electron chi connectivity index (χ4n) is 1.96. The fourth-order valence-corrected chi connectivity index (χ4v) is 1.96. The van der Waals surface area contributed by atoms with Gasteiger partial charge in [0.15, 0.2) is 0 Å². The highest BCUT2D eigenvalue weighted by atomic mass is 35.5. The molecule has 0 amide bonds. The molecule has 1 rings (SSSR count). The number of nitrogens with zero attached hydrogens (tertiary/aromatic N) is 1. The summed E-state index contributed by atoms with van der Waals surface area (Å²) >= 11 is 0. The van der Waals surface area contributed by atoms with Crippen LogP contribution in [-0.4, -0.2) is 12.4 Å². The van der Waals surface area contributed by atoms with Crippen LogP contribution in [0.2, 0.25) is 0 Å². The van der Waals surface area contributed by atoms with E-state index in [1.807, 2.05) is 0 Å². The topological polar surface area (TPSA) is 38.4 Å². The van der Waals surface area contributed by atoms with E-state index >= 15 is 0 Å². The molecule has 90 valence electrons. The zero-order valence-corrected chi connectivity index (χ0v) is 10.5. The molecule has 0 spiro atoms. The Labute approximate surface area is 100 Å². The average Bonchev–Trinajstić information content (AvgIpc) is 2.20. The predicted octanol–water partition coefficient (Wildman–Crippen LogP) is 3.68. The minimum Gasteiger partial charge on any atom is -0.387 e. The summed E-state index contributed by atoms with van der Waals surface area (Å²) in [5, 5.41) is 0. The minimum atomic E-state index is 0. The summed E-state index contributed by atoms with van der Waals surface area (Å²) in [6.07, 6.45) is 13.2. The number of aliphatic imine (C=N–C) groups is 1. The maximum Gasteiger partial charge on any atom is 0.0937 e. The molecule has 0 saturated heterocycles. The Kier molecular flexibility index (Phi) is 10.1. The second kappa shape index (κ2) is 10.3. The molecule has 1 aliphatic heterocycles. The van der Waals surface area contributed by atoms with Gasteiger partial charge in [0.1, 0.15) is 0 Å². The van der Waals surface area contributed by atoms with E-state index in [-0.39, 0.29) is 12.4 Å². The van der Waals surface area contributed by atoms with Gasteiger partial charge in [-0.05, 0) is 12.8 Å². The third kappa shape index (κ3) is 8.73. The van der Waals surface area contributed by atoms with Gasteiger partial charge >= 0.3 is 0 Å². The van der Waals surface area contributed by atoms with E-state index < -0.39 is 0 Å². The standard InChI is InChI=1S/C12H24N2.ClH/c13-12-10-8-6-4-2-1-3-5-7-9-11-14-12;/h1-11H2,(H2,13,14);1H. The second-order valence-corrected chi connectivity index (χ2v) is 4.31.